The topological polar surface area (TPSA) is 111 Å². The Kier molecular flexibility index (Phi) is 4.47. The van der Waals surface area contributed by atoms with E-state index >= 15 is 0 Å². The first kappa shape index (κ1) is 11.9. The molecular formula is C8H16N4O3. The lowest BCUT2D eigenvalue weighted by Gasteiger charge is -2.27. The van der Waals surface area contributed by atoms with Crippen molar-refractivity contribution in [3.63, 3.8) is 0 Å². The van der Waals surface area contributed by atoms with E-state index in [4.69, 9.17) is 16.2 Å². The van der Waals surface area contributed by atoms with Gasteiger partial charge in [0.05, 0.1) is 25.7 Å². The van der Waals surface area contributed by atoms with Crippen LogP contribution in [0.4, 0.5) is 0 Å². The lowest BCUT2D eigenvalue weighted by atomic mass is 10.2. The summed E-state index contributed by atoms with van der Waals surface area (Å²) in [5.74, 6) is -0.977. The highest BCUT2D eigenvalue weighted by Gasteiger charge is 2.19. The zero-order chi connectivity index (χ0) is 11.3. The lowest BCUT2D eigenvalue weighted by molar-refractivity contribution is -0.131. The number of carbonyl (C=O) groups excluding carboxylic acids is 2. The zero-order valence-corrected chi connectivity index (χ0v) is 8.44. The summed E-state index contributed by atoms with van der Waals surface area (Å²) >= 11 is 0. The summed E-state index contributed by atoms with van der Waals surface area (Å²) in [4.78, 5) is 22.0. The average Bonchev–Trinajstić information content (AvgIpc) is 2.18. The van der Waals surface area contributed by atoms with Crippen molar-refractivity contribution in [2.45, 2.75) is 12.5 Å². The molecule has 7 nitrogen and oxygen atoms in total. The van der Waals surface area contributed by atoms with Crippen molar-refractivity contribution in [3.8, 4) is 0 Å². The Morgan fingerprint density at radius 2 is 2.00 bits per heavy atom. The Hall–Kier alpha value is -1.18. The van der Waals surface area contributed by atoms with Crippen molar-refractivity contribution in [3.05, 3.63) is 0 Å². The van der Waals surface area contributed by atoms with Crippen LogP contribution in [0.2, 0.25) is 0 Å². The number of hydrazine groups is 1. The van der Waals surface area contributed by atoms with Gasteiger partial charge in [0.1, 0.15) is 0 Å². The minimum absolute atomic E-state index is 0.143. The third-order valence-electron chi connectivity index (χ3n) is 2.04. The molecule has 1 rings (SSSR count). The third-order valence-corrected chi connectivity index (χ3v) is 2.04. The van der Waals surface area contributed by atoms with Gasteiger partial charge in [-0.05, 0) is 0 Å². The maximum Gasteiger partial charge on any atom is 0.251 e. The maximum absolute atomic E-state index is 11.4. The summed E-state index contributed by atoms with van der Waals surface area (Å²) in [5, 5.41) is 1.71. The van der Waals surface area contributed by atoms with Crippen LogP contribution in [0, 0.1) is 0 Å². The number of carbonyl (C=O) groups is 2. The van der Waals surface area contributed by atoms with Gasteiger partial charge in [-0.2, -0.15) is 0 Å². The van der Waals surface area contributed by atoms with Crippen LogP contribution in [0.5, 0.6) is 0 Å². The molecule has 0 aliphatic carbocycles. The molecule has 86 valence electrons. The molecule has 2 amide bonds. The van der Waals surface area contributed by atoms with E-state index in [-0.39, 0.29) is 6.42 Å². The molecule has 7 heteroatoms. The van der Waals surface area contributed by atoms with Gasteiger partial charge in [0.15, 0.2) is 0 Å². The highest BCUT2D eigenvalue weighted by Crippen LogP contribution is 1.94. The predicted molar refractivity (Wildman–Crippen MR) is 52.3 cm³/mol. The highest BCUT2D eigenvalue weighted by atomic mass is 16.5. The Morgan fingerprint density at radius 3 is 2.53 bits per heavy atom. The SMILES string of the molecule is NC(=O)CC(N)C(=O)NN1CCOCC1. The molecular weight excluding hydrogens is 200 g/mol. The Morgan fingerprint density at radius 1 is 1.40 bits per heavy atom. The van der Waals surface area contributed by atoms with Crippen molar-refractivity contribution in [1.82, 2.24) is 10.4 Å². The standard InChI is InChI=1S/C8H16N4O3/c9-6(5-7(10)13)8(14)11-12-1-3-15-4-2-12/h6H,1-5,9H2,(H2,10,13)(H,11,14). The molecule has 5 N–H and O–H groups in total. The minimum atomic E-state index is -0.884. The Bertz CT molecular complexity index is 240. The van der Waals surface area contributed by atoms with E-state index in [1.807, 2.05) is 0 Å². The van der Waals surface area contributed by atoms with Gasteiger partial charge >= 0.3 is 0 Å². The smallest absolute Gasteiger partial charge is 0.251 e. The molecule has 0 saturated carbocycles. The fraction of sp³-hybridized carbons (Fsp3) is 0.750. The van der Waals surface area contributed by atoms with E-state index < -0.39 is 17.9 Å². The molecule has 1 heterocycles. The number of nitrogens with one attached hydrogen (secondary N) is 1. The van der Waals surface area contributed by atoms with Gasteiger partial charge in [-0.25, -0.2) is 5.01 Å². The molecule has 0 aromatic carbocycles. The molecule has 0 bridgehead atoms. The van der Waals surface area contributed by atoms with Crippen LogP contribution < -0.4 is 16.9 Å². The first-order valence-electron chi connectivity index (χ1n) is 4.76. The highest BCUT2D eigenvalue weighted by molar-refractivity contribution is 5.87. The van der Waals surface area contributed by atoms with Crippen molar-refractivity contribution >= 4 is 11.8 Å². The van der Waals surface area contributed by atoms with E-state index in [0.29, 0.717) is 26.3 Å². The fourth-order valence-electron chi connectivity index (χ4n) is 1.22. The second-order valence-electron chi connectivity index (χ2n) is 3.35. The van der Waals surface area contributed by atoms with Gasteiger partial charge < -0.3 is 16.2 Å². The minimum Gasteiger partial charge on any atom is -0.379 e. The van der Waals surface area contributed by atoms with Crippen LogP contribution in [-0.2, 0) is 14.3 Å². The summed E-state index contributed by atoms with van der Waals surface area (Å²) in [5.41, 5.74) is 13.0. The van der Waals surface area contributed by atoms with Crippen LogP contribution >= 0.6 is 0 Å². The van der Waals surface area contributed by atoms with Crippen LogP contribution in [0.25, 0.3) is 0 Å². The maximum atomic E-state index is 11.4. The van der Waals surface area contributed by atoms with E-state index in [0.717, 1.165) is 0 Å². The largest absolute Gasteiger partial charge is 0.379 e. The van der Waals surface area contributed by atoms with Crippen LogP contribution in [0.3, 0.4) is 0 Å². The zero-order valence-electron chi connectivity index (χ0n) is 8.44. The molecule has 0 radical (unpaired) electrons. The number of hydrogen-bond acceptors (Lipinski definition) is 5. The number of morpholine rings is 1. The van der Waals surface area contributed by atoms with Gasteiger partial charge in [-0.1, -0.05) is 0 Å². The summed E-state index contributed by atoms with van der Waals surface area (Å²) in [6, 6.07) is -0.884. The number of nitrogens with zero attached hydrogens (tertiary/aromatic N) is 1. The fourth-order valence-corrected chi connectivity index (χ4v) is 1.22. The summed E-state index contributed by atoms with van der Waals surface area (Å²) in [6.45, 7) is 2.39. The Labute approximate surface area is 87.7 Å². The van der Waals surface area contributed by atoms with Crippen LogP contribution in [-0.4, -0.2) is 49.2 Å². The van der Waals surface area contributed by atoms with E-state index in [9.17, 15) is 9.59 Å². The molecule has 15 heavy (non-hydrogen) atoms. The quantitative estimate of drug-likeness (QED) is 0.483. The van der Waals surface area contributed by atoms with Gasteiger partial charge in [0.2, 0.25) is 5.91 Å². The Balaban J connectivity index is 2.30. The summed E-state index contributed by atoms with van der Waals surface area (Å²) in [7, 11) is 0. The molecule has 0 spiro atoms. The first-order valence-corrected chi connectivity index (χ1v) is 4.76. The van der Waals surface area contributed by atoms with E-state index in [2.05, 4.69) is 5.43 Å². The number of primary amides is 1. The average molecular weight is 216 g/mol. The molecule has 1 unspecified atom stereocenters. The van der Waals surface area contributed by atoms with Crippen molar-refractivity contribution in [2.75, 3.05) is 26.3 Å². The van der Waals surface area contributed by atoms with Crippen LogP contribution in [0.15, 0.2) is 0 Å². The molecule has 1 fully saturated rings. The molecule has 0 aromatic heterocycles. The molecule has 1 atom stereocenters. The molecule has 1 saturated heterocycles. The summed E-state index contributed by atoms with van der Waals surface area (Å²) < 4.78 is 5.11. The predicted octanol–water partition coefficient (Wildman–Crippen LogP) is -2.45. The third kappa shape index (κ3) is 4.24. The van der Waals surface area contributed by atoms with E-state index in [1.54, 1.807) is 5.01 Å². The summed E-state index contributed by atoms with van der Waals surface area (Å²) in [6.07, 6.45) is -0.143. The van der Waals surface area contributed by atoms with Gasteiger partial charge in [-0.3, -0.25) is 15.0 Å². The number of nitrogens with two attached hydrogens (primary N) is 2. The number of rotatable bonds is 4. The molecule has 1 aliphatic heterocycles. The van der Waals surface area contributed by atoms with Crippen molar-refractivity contribution in [2.24, 2.45) is 11.5 Å². The lowest BCUT2D eigenvalue weighted by Crippen LogP contribution is -2.53. The molecule has 1 aliphatic rings. The van der Waals surface area contributed by atoms with Crippen molar-refractivity contribution < 1.29 is 14.3 Å². The van der Waals surface area contributed by atoms with Gasteiger partial charge in [0, 0.05) is 13.1 Å². The number of hydrogen-bond donors (Lipinski definition) is 3. The molecule has 0 aromatic rings. The van der Waals surface area contributed by atoms with Gasteiger partial charge in [-0.15, -0.1) is 0 Å². The van der Waals surface area contributed by atoms with Crippen molar-refractivity contribution in [1.29, 1.82) is 0 Å². The van der Waals surface area contributed by atoms with Crippen LogP contribution in [0.1, 0.15) is 6.42 Å². The second kappa shape index (κ2) is 5.64. The first-order chi connectivity index (χ1) is 7.09. The number of ether oxygens (including phenoxy) is 1. The second-order valence-corrected chi connectivity index (χ2v) is 3.35. The van der Waals surface area contributed by atoms with Gasteiger partial charge in [0.25, 0.3) is 5.91 Å². The van der Waals surface area contributed by atoms with E-state index in [1.165, 1.54) is 0 Å². The number of amides is 2. The monoisotopic (exact) mass is 216 g/mol. The normalized spacial score (nSPS) is 19.5.